The molecule has 8 nitrogen and oxygen atoms in total. The van der Waals surface area contributed by atoms with Crippen LogP contribution in [0.4, 0.5) is 23.7 Å². The molecule has 48 heavy (non-hydrogen) atoms. The Kier molecular flexibility index (Phi) is 10.5. The Balaban J connectivity index is 1.20. The van der Waals surface area contributed by atoms with Gasteiger partial charge in [-0.25, -0.2) is 14.5 Å². The van der Waals surface area contributed by atoms with E-state index in [9.17, 15) is 18.0 Å². The number of rotatable bonds is 9. The molecule has 1 saturated heterocycles. The molecule has 1 fully saturated rings. The molecule has 1 unspecified atom stereocenters. The summed E-state index contributed by atoms with van der Waals surface area (Å²) in [7, 11) is 0. The summed E-state index contributed by atoms with van der Waals surface area (Å²) in [5.41, 5.74) is 5.84. The van der Waals surface area contributed by atoms with Gasteiger partial charge in [0, 0.05) is 29.6 Å². The minimum atomic E-state index is -4.75. The second kappa shape index (κ2) is 14.4. The molecular formula is C36H41F3N6O2S. The number of hydrogen-bond donors (Lipinski definition) is 1. The number of alkyl halides is 3. The van der Waals surface area contributed by atoms with Gasteiger partial charge in [-0.1, -0.05) is 75.9 Å². The highest BCUT2D eigenvalue weighted by molar-refractivity contribution is 8.14. The summed E-state index contributed by atoms with van der Waals surface area (Å²) in [5, 5.41) is 8.26. The average molecular weight is 679 g/mol. The number of carbonyl (C=O) groups is 1. The highest BCUT2D eigenvalue weighted by Gasteiger charge is 2.31. The third-order valence-corrected chi connectivity index (χ3v) is 9.17. The molecule has 0 aliphatic carbocycles. The molecule has 3 aromatic carbocycles. The molecular weight excluding hydrogens is 637 g/mol. The van der Waals surface area contributed by atoms with Crippen molar-refractivity contribution in [3.8, 4) is 22.8 Å². The lowest BCUT2D eigenvalue weighted by atomic mass is 9.85. The number of aromatic nitrogens is 3. The van der Waals surface area contributed by atoms with Crippen molar-refractivity contribution in [1.82, 2.24) is 20.1 Å². The lowest BCUT2D eigenvalue weighted by Crippen LogP contribution is -2.43. The van der Waals surface area contributed by atoms with Crippen LogP contribution >= 0.6 is 11.8 Å². The fourth-order valence-corrected chi connectivity index (χ4v) is 7.12. The van der Waals surface area contributed by atoms with Gasteiger partial charge in [0.2, 0.25) is 0 Å². The minimum Gasteiger partial charge on any atom is -0.406 e. The number of ether oxygens (including phenoxy) is 1. The monoisotopic (exact) mass is 678 g/mol. The summed E-state index contributed by atoms with van der Waals surface area (Å²) in [6.45, 7) is 13.4. The molecule has 1 N–H and O–H groups in total. The van der Waals surface area contributed by atoms with E-state index in [1.54, 1.807) is 11.8 Å². The number of halogens is 3. The molecule has 0 spiro atoms. The van der Waals surface area contributed by atoms with Crippen molar-refractivity contribution in [2.24, 2.45) is 10.4 Å². The van der Waals surface area contributed by atoms with E-state index in [0.29, 0.717) is 24.0 Å². The third kappa shape index (κ3) is 8.77. The molecule has 1 atom stereocenters. The van der Waals surface area contributed by atoms with Gasteiger partial charge in [-0.2, -0.15) is 4.99 Å². The molecule has 254 valence electrons. The normalized spacial score (nSPS) is 16.4. The van der Waals surface area contributed by atoms with Crippen molar-refractivity contribution in [2.45, 2.75) is 72.7 Å². The SMILES string of the molecule is Cc1cccc(N2/C(=N/C(=O)NCC(C)(C)Cc3ccc(-c4ncn(-c5ccc(OC(F)(F)F)cc5)n4)cc3)SCCC2C)c1C(C)C. The summed E-state index contributed by atoms with van der Waals surface area (Å²) >= 11 is 1.62. The smallest absolute Gasteiger partial charge is 0.406 e. The van der Waals surface area contributed by atoms with Gasteiger partial charge in [-0.05, 0) is 85.0 Å². The summed E-state index contributed by atoms with van der Waals surface area (Å²) in [6, 6.07) is 19.5. The summed E-state index contributed by atoms with van der Waals surface area (Å²) in [6.07, 6.45) is -1.51. The standard InChI is InChI=1S/C36H41F3N6O2S/c1-23(2)31-24(3)8-7-9-30(31)45-25(4)18-19-48-34(45)42-33(46)40-21-35(5,6)20-26-10-12-27(13-11-26)32-41-22-44(43-32)28-14-16-29(17-15-28)47-36(37,38)39/h7-17,22-23,25H,18-21H2,1-6H3,(H,40,46)/b42-34-. The van der Waals surface area contributed by atoms with Crippen molar-refractivity contribution >= 4 is 28.6 Å². The van der Waals surface area contributed by atoms with Crippen LogP contribution in [0, 0.1) is 12.3 Å². The maximum Gasteiger partial charge on any atom is 0.573 e. The van der Waals surface area contributed by atoms with Gasteiger partial charge in [0.15, 0.2) is 11.0 Å². The first-order chi connectivity index (χ1) is 22.7. The van der Waals surface area contributed by atoms with E-state index in [0.717, 1.165) is 40.6 Å². The molecule has 0 saturated carbocycles. The maximum absolute atomic E-state index is 13.2. The first-order valence-corrected chi connectivity index (χ1v) is 16.9. The quantitative estimate of drug-likeness (QED) is 0.190. The van der Waals surface area contributed by atoms with Gasteiger partial charge in [-0.3, -0.25) is 0 Å². The number of nitrogens with zero attached hydrogens (tertiary/aromatic N) is 5. The first kappa shape index (κ1) is 35.0. The van der Waals surface area contributed by atoms with Crippen LogP contribution in [0.1, 0.15) is 63.6 Å². The largest absolute Gasteiger partial charge is 0.573 e. The minimum absolute atomic E-state index is 0.230. The van der Waals surface area contributed by atoms with Gasteiger partial charge in [0.05, 0.1) is 5.69 Å². The van der Waals surface area contributed by atoms with Gasteiger partial charge in [-0.15, -0.1) is 18.3 Å². The second-order valence-corrected chi connectivity index (χ2v) is 14.2. The number of benzene rings is 3. The number of nitrogens with one attached hydrogen (secondary N) is 1. The molecule has 0 radical (unpaired) electrons. The van der Waals surface area contributed by atoms with Crippen LogP contribution < -0.4 is 15.0 Å². The average Bonchev–Trinajstić information content (AvgIpc) is 3.50. The lowest BCUT2D eigenvalue weighted by Gasteiger charge is -2.37. The van der Waals surface area contributed by atoms with Crippen LogP contribution in [0.15, 0.2) is 78.0 Å². The van der Waals surface area contributed by atoms with Crippen LogP contribution in [0.25, 0.3) is 17.1 Å². The van der Waals surface area contributed by atoms with E-state index in [2.05, 4.69) is 89.8 Å². The number of thioether (sulfide) groups is 1. The fourth-order valence-electron chi connectivity index (χ4n) is 5.91. The number of aliphatic imine (C=N–C) groups is 1. The first-order valence-electron chi connectivity index (χ1n) is 15.9. The molecule has 1 aromatic heterocycles. The van der Waals surface area contributed by atoms with Crippen LogP contribution in [0.2, 0.25) is 0 Å². The second-order valence-electron chi connectivity index (χ2n) is 13.2. The van der Waals surface area contributed by atoms with E-state index in [1.165, 1.54) is 46.4 Å². The Labute approximate surface area is 283 Å². The third-order valence-electron chi connectivity index (χ3n) is 8.19. The topological polar surface area (TPSA) is 84.6 Å². The van der Waals surface area contributed by atoms with Crippen molar-refractivity contribution in [3.63, 3.8) is 0 Å². The van der Waals surface area contributed by atoms with E-state index >= 15 is 0 Å². The molecule has 4 aromatic rings. The Morgan fingerprint density at radius 3 is 2.46 bits per heavy atom. The van der Waals surface area contributed by atoms with E-state index < -0.39 is 6.36 Å². The number of anilines is 1. The number of amides is 2. The Hall–Kier alpha value is -4.32. The predicted molar refractivity (Wildman–Crippen MR) is 186 cm³/mol. The van der Waals surface area contributed by atoms with Gasteiger partial charge >= 0.3 is 12.4 Å². The molecule has 1 aliphatic heterocycles. The van der Waals surface area contributed by atoms with Crippen LogP contribution in [-0.2, 0) is 6.42 Å². The number of urea groups is 1. The van der Waals surface area contributed by atoms with Crippen molar-refractivity contribution < 1.29 is 22.7 Å². The van der Waals surface area contributed by atoms with Gasteiger partial charge in [0.1, 0.15) is 12.1 Å². The van der Waals surface area contributed by atoms with Crippen molar-refractivity contribution in [1.29, 1.82) is 0 Å². The van der Waals surface area contributed by atoms with E-state index in [-0.39, 0.29) is 23.2 Å². The van der Waals surface area contributed by atoms with Gasteiger partial charge in [0.25, 0.3) is 0 Å². The van der Waals surface area contributed by atoms with Crippen LogP contribution in [0.5, 0.6) is 5.75 Å². The molecule has 1 aliphatic rings. The van der Waals surface area contributed by atoms with Gasteiger partial charge < -0.3 is 15.0 Å². The number of aryl methyl sites for hydroxylation is 1. The zero-order valence-corrected chi connectivity index (χ0v) is 28.8. The van der Waals surface area contributed by atoms with Crippen molar-refractivity contribution in [3.05, 3.63) is 89.7 Å². The van der Waals surface area contributed by atoms with Crippen LogP contribution in [-0.4, -0.2) is 50.7 Å². The van der Waals surface area contributed by atoms with Crippen LogP contribution in [0.3, 0.4) is 0 Å². The number of hydrogen-bond acceptors (Lipinski definition) is 5. The predicted octanol–water partition coefficient (Wildman–Crippen LogP) is 8.93. The Bertz CT molecular complexity index is 1750. The number of carbonyl (C=O) groups excluding carboxylic acids is 1. The summed E-state index contributed by atoms with van der Waals surface area (Å²) < 4.78 is 42.8. The highest BCUT2D eigenvalue weighted by Crippen LogP contribution is 2.36. The maximum atomic E-state index is 13.2. The summed E-state index contributed by atoms with van der Waals surface area (Å²) in [5.74, 6) is 1.44. The van der Waals surface area contributed by atoms with E-state index in [4.69, 9.17) is 0 Å². The molecule has 5 rings (SSSR count). The van der Waals surface area contributed by atoms with Crippen molar-refractivity contribution in [2.75, 3.05) is 17.2 Å². The lowest BCUT2D eigenvalue weighted by molar-refractivity contribution is -0.274. The zero-order chi connectivity index (χ0) is 34.6. The molecule has 0 bridgehead atoms. The van der Waals surface area contributed by atoms with E-state index in [1.807, 2.05) is 24.3 Å². The Morgan fingerprint density at radius 2 is 1.79 bits per heavy atom. The highest BCUT2D eigenvalue weighted by atomic mass is 32.2. The zero-order valence-electron chi connectivity index (χ0n) is 28.0. The number of amidine groups is 1. The molecule has 12 heteroatoms. The molecule has 2 heterocycles. The Morgan fingerprint density at radius 1 is 1.08 bits per heavy atom. The fraction of sp³-hybridized carbons (Fsp3) is 0.389. The molecule has 2 amide bonds. The summed E-state index contributed by atoms with van der Waals surface area (Å²) in [4.78, 5) is 24.3.